The molecule has 0 amide bonds. The Kier molecular flexibility index (Phi) is 7.59. The predicted octanol–water partition coefficient (Wildman–Crippen LogP) is 6.44. The lowest BCUT2D eigenvalue weighted by Gasteiger charge is -2.44. The van der Waals surface area contributed by atoms with Gasteiger partial charge in [0, 0.05) is 0 Å². The largest absolute Gasteiger partial charge is 0.481 e. The van der Waals surface area contributed by atoms with Gasteiger partial charge in [0.1, 0.15) is 0 Å². The molecule has 1 N–H and O–H groups in total. The maximum Gasteiger partial charge on any atom is 0.460 e. The van der Waals surface area contributed by atoms with Crippen LogP contribution in [0.25, 0.3) is 0 Å². The molecule has 34 heavy (non-hydrogen) atoms. The molecule has 0 heterocycles. The van der Waals surface area contributed by atoms with Gasteiger partial charge in [0.15, 0.2) is 6.17 Å². The van der Waals surface area contributed by atoms with E-state index in [4.69, 9.17) is 5.11 Å². The number of rotatable bonds is 10. The Morgan fingerprint density at radius 3 is 0.971 bits per heavy atom. The van der Waals surface area contributed by atoms with Gasteiger partial charge in [0.05, 0.1) is 6.42 Å². The average molecular weight is 560 g/mol. The van der Waals surface area contributed by atoms with Crippen LogP contribution in [0.1, 0.15) is 6.42 Å². The molecule has 204 valence electrons. The first-order valence-electron chi connectivity index (χ1n) is 7.29. The van der Waals surface area contributed by atoms with Crippen LogP contribution in [0.15, 0.2) is 0 Å². The van der Waals surface area contributed by atoms with E-state index in [2.05, 4.69) is 0 Å². The fraction of sp³-hybridized carbons (Fsp3) is 0.917. The highest BCUT2D eigenvalue weighted by Crippen LogP contribution is 2.65. The van der Waals surface area contributed by atoms with Crippen LogP contribution in [0.3, 0.4) is 0 Å². The zero-order valence-corrected chi connectivity index (χ0v) is 14.7. The number of carboxylic acids is 1. The SMILES string of the molecule is O=C(O)CC(F)C(F)(F)C(F)(F)C(F)(F)C(F)(F)C(F)(F)C(F)(F)C(F)(F)C(F)(F)C(F)(F)F. The van der Waals surface area contributed by atoms with E-state index < -0.39 is 72.1 Å². The number of halogens is 20. The molecule has 0 saturated heterocycles. The highest BCUT2D eigenvalue weighted by molar-refractivity contribution is 5.67. The van der Waals surface area contributed by atoms with Crippen molar-refractivity contribution in [1.29, 1.82) is 0 Å². The summed E-state index contributed by atoms with van der Waals surface area (Å²) >= 11 is 0. The standard InChI is InChI=1S/C12H4F20O2/c13-2(1-3(33)34)4(14,15)5(16,17)6(18,19)7(20,21)8(22,23)9(24,25)10(26,27)11(28,29)12(30,31)32/h2H,1H2,(H,33,34). The Labute approximate surface area is 171 Å². The molecule has 2 nitrogen and oxygen atoms in total. The Bertz CT molecular complexity index is 764. The van der Waals surface area contributed by atoms with Gasteiger partial charge in [-0.15, -0.1) is 0 Å². The van der Waals surface area contributed by atoms with Gasteiger partial charge in [-0.1, -0.05) is 0 Å². The zero-order chi connectivity index (χ0) is 28.4. The summed E-state index contributed by atoms with van der Waals surface area (Å²) < 4.78 is 259. The molecule has 0 spiro atoms. The fourth-order valence-electron chi connectivity index (χ4n) is 1.85. The number of carbonyl (C=O) groups is 1. The van der Waals surface area contributed by atoms with Crippen LogP contribution in [-0.2, 0) is 4.79 Å². The topological polar surface area (TPSA) is 37.3 Å². The van der Waals surface area contributed by atoms with Crippen LogP contribution in [0.5, 0.6) is 0 Å². The second kappa shape index (κ2) is 8.05. The summed E-state index contributed by atoms with van der Waals surface area (Å²) in [4.78, 5) is 9.99. The average Bonchev–Trinajstić information content (AvgIpc) is 2.58. The smallest absolute Gasteiger partial charge is 0.460 e. The molecule has 1 unspecified atom stereocenters. The second-order valence-electron chi connectivity index (χ2n) is 6.21. The van der Waals surface area contributed by atoms with Crippen LogP contribution < -0.4 is 0 Å². The molecule has 0 aromatic rings. The Hall–Kier alpha value is -1.93. The molecule has 0 aromatic heterocycles. The molecule has 22 heteroatoms. The third-order valence-corrected chi connectivity index (χ3v) is 3.89. The van der Waals surface area contributed by atoms with E-state index in [0.717, 1.165) is 0 Å². The minimum Gasteiger partial charge on any atom is -0.481 e. The molecule has 0 aliphatic rings. The normalized spacial score (nSPS) is 17.1. The highest BCUT2D eigenvalue weighted by atomic mass is 19.4. The van der Waals surface area contributed by atoms with Gasteiger partial charge < -0.3 is 5.11 Å². The van der Waals surface area contributed by atoms with E-state index in [-0.39, 0.29) is 0 Å². The molecule has 0 aliphatic heterocycles. The van der Waals surface area contributed by atoms with E-state index in [0.29, 0.717) is 0 Å². The molecule has 0 aromatic carbocycles. The van der Waals surface area contributed by atoms with Gasteiger partial charge in [-0.05, 0) is 0 Å². The molecular formula is C12H4F20O2. The fourth-order valence-corrected chi connectivity index (χ4v) is 1.85. The minimum absolute atomic E-state index is 2.89. The first-order chi connectivity index (χ1) is 14.3. The first kappa shape index (κ1) is 32.1. The van der Waals surface area contributed by atoms with Crippen molar-refractivity contribution in [3.05, 3.63) is 0 Å². The minimum atomic E-state index is -9.11. The summed E-state index contributed by atoms with van der Waals surface area (Å²) in [7, 11) is 0. The summed E-state index contributed by atoms with van der Waals surface area (Å²) in [5, 5.41) is 7.92. The summed E-state index contributed by atoms with van der Waals surface area (Å²) in [6.45, 7) is 0. The van der Waals surface area contributed by atoms with Crippen molar-refractivity contribution in [3.63, 3.8) is 0 Å². The second-order valence-corrected chi connectivity index (χ2v) is 6.21. The Morgan fingerprint density at radius 1 is 0.500 bits per heavy atom. The Morgan fingerprint density at radius 2 is 0.735 bits per heavy atom. The lowest BCUT2D eigenvalue weighted by atomic mass is 9.86. The maximum absolute atomic E-state index is 13.4. The van der Waals surface area contributed by atoms with E-state index in [1.165, 1.54) is 0 Å². The van der Waals surface area contributed by atoms with Crippen LogP contribution in [-0.4, -0.2) is 70.8 Å². The monoisotopic (exact) mass is 560 g/mol. The van der Waals surface area contributed by atoms with Gasteiger partial charge in [-0.2, -0.15) is 83.4 Å². The van der Waals surface area contributed by atoms with Crippen molar-refractivity contribution < 1.29 is 97.7 Å². The zero-order valence-electron chi connectivity index (χ0n) is 14.7. The van der Waals surface area contributed by atoms with E-state index >= 15 is 0 Å². The van der Waals surface area contributed by atoms with Gasteiger partial charge in [-0.3, -0.25) is 4.79 Å². The van der Waals surface area contributed by atoms with Crippen molar-refractivity contribution in [3.8, 4) is 0 Å². The molecule has 0 rings (SSSR count). The number of carboxylic acid groups (broad SMARTS) is 1. The number of hydrogen-bond donors (Lipinski definition) is 1. The number of alkyl halides is 20. The van der Waals surface area contributed by atoms with Crippen molar-refractivity contribution in [2.24, 2.45) is 0 Å². The molecule has 0 bridgehead atoms. The van der Waals surface area contributed by atoms with Crippen LogP contribution >= 0.6 is 0 Å². The molecule has 0 fully saturated rings. The molecule has 1 atom stereocenters. The summed E-state index contributed by atoms with van der Waals surface area (Å²) in [6, 6.07) is 0. The third kappa shape index (κ3) is 3.96. The van der Waals surface area contributed by atoms with Crippen molar-refractivity contribution in [2.75, 3.05) is 0 Å². The number of hydrogen-bond acceptors (Lipinski definition) is 1. The number of aliphatic carboxylic acids is 1. The quantitative estimate of drug-likeness (QED) is 0.313. The Balaban J connectivity index is 6.91. The maximum atomic E-state index is 13.4. The highest BCUT2D eigenvalue weighted by Gasteiger charge is 2.97. The third-order valence-electron chi connectivity index (χ3n) is 3.89. The summed E-state index contributed by atoms with van der Waals surface area (Å²) in [5.41, 5.74) is 0. The molecule has 0 saturated carbocycles. The van der Waals surface area contributed by atoms with Crippen LogP contribution in [0.4, 0.5) is 87.8 Å². The lowest BCUT2D eigenvalue weighted by molar-refractivity contribution is -0.470. The van der Waals surface area contributed by atoms with Gasteiger partial charge >= 0.3 is 59.5 Å². The molecule has 0 radical (unpaired) electrons. The molecule has 0 aliphatic carbocycles. The van der Waals surface area contributed by atoms with Gasteiger partial charge in [-0.25, -0.2) is 4.39 Å². The van der Waals surface area contributed by atoms with Gasteiger partial charge in [0.25, 0.3) is 0 Å². The van der Waals surface area contributed by atoms with Crippen molar-refractivity contribution >= 4 is 5.97 Å². The molecular weight excluding hydrogens is 556 g/mol. The summed E-state index contributed by atoms with van der Waals surface area (Å²) in [5.74, 6) is -72.0. The van der Waals surface area contributed by atoms with Crippen molar-refractivity contribution in [2.45, 2.75) is 66.1 Å². The van der Waals surface area contributed by atoms with E-state index in [1.54, 1.807) is 0 Å². The van der Waals surface area contributed by atoms with E-state index in [9.17, 15) is 92.6 Å². The lowest BCUT2D eigenvalue weighted by Crippen LogP contribution is -2.76. The summed E-state index contributed by atoms with van der Waals surface area (Å²) in [6.07, 6.45) is -16.1. The van der Waals surface area contributed by atoms with Gasteiger partial charge in [0.2, 0.25) is 0 Å². The first-order valence-corrected chi connectivity index (χ1v) is 7.29. The predicted molar refractivity (Wildman–Crippen MR) is 62.8 cm³/mol. The van der Waals surface area contributed by atoms with E-state index in [1.807, 2.05) is 0 Å². The van der Waals surface area contributed by atoms with Crippen LogP contribution in [0, 0.1) is 0 Å². The van der Waals surface area contributed by atoms with Crippen molar-refractivity contribution in [1.82, 2.24) is 0 Å². The van der Waals surface area contributed by atoms with Crippen LogP contribution in [0.2, 0.25) is 0 Å².